The molecule has 4 aromatic rings. The van der Waals surface area contributed by atoms with Crippen LogP contribution in [-0.4, -0.2) is 38.7 Å². The van der Waals surface area contributed by atoms with E-state index in [4.69, 9.17) is 4.42 Å². The lowest BCUT2D eigenvalue weighted by Gasteiger charge is -2.32. The third kappa shape index (κ3) is 4.17. The molecule has 6 heteroatoms. The van der Waals surface area contributed by atoms with E-state index in [1.54, 1.807) is 0 Å². The van der Waals surface area contributed by atoms with Gasteiger partial charge in [0.05, 0.1) is 0 Å². The number of nitrogens with zero attached hydrogens (tertiary/aromatic N) is 4. The molecule has 164 valence electrons. The van der Waals surface area contributed by atoms with Gasteiger partial charge in [-0.2, -0.15) is 0 Å². The molecule has 1 aliphatic rings. The van der Waals surface area contributed by atoms with Gasteiger partial charge in [-0.3, -0.25) is 4.79 Å². The number of carbonyl (C=O) groups is 1. The molecule has 5 rings (SSSR count). The summed E-state index contributed by atoms with van der Waals surface area (Å²) in [6, 6.07) is 20.7. The van der Waals surface area contributed by atoms with Crippen LogP contribution in [0.25, 0.3) is 22.5 Å². The monoisotopic (exact) mass is 428 g/mol. The van der Waals surface area contributed by atoms with Crippen molar-refractivity contribution in [3.63, 3.8) is 0 Å². The van der Waals surface area contributed by atoms with Crippen molar-refractivity contribution in [2.24, 2.45) is 5.92 Å². The van der Waals surface area contributed by atoms with Gasteiger partial charge in [-0.25, -0.2) is 0 Å². The molecule has 0 N–H and O–H groups in total. The molecule has 3 heterocycles. The summed E-state index contributed by atoms with van der Waals surface area (Å²) >= 11 is 0. The molecule has 0 bridgehead atoms. The summed E-state index contributed by atoms with van der Waals surface area (Å²) in [7, 11) is 0. The fraction of sp³-hybridized carbons (Fsp3) is 0.346. The van der Waals surface area contributed by atoms with Crippen LogP contribution in [0.4, 0.5) is 0 Å². The van der Waals surface area contributed by atoms with Crippen LogP contribution in [0.3, 0.4) is 0 Å². The summed E-state index contributed by atoms with van der Waals surface area (Å²) in [4.78, 5) is 15.3. The minimum Gasteiger partial charge on any atom is -0.419 e. The van der Waals surface area contributed by atoms with Crippen molar-refractivity contribution in [2.45, 2.75) is 39.2 Å². The van der Waals surface area contributed by atoms with E-state index in [0.29, 0.717) is 24.1 Å². The number of hydrogen-bond donors (Lipinski definition) is 0. The lowest BCUT2D eigenvalue weighted by Crippen LogP contribution is -2.40. The van der Waals surface area contributed by atoms with Gasteiger partial charge >= 0.3 is 0 Å². The second-order valence-corrected chi connectivity index (χ2v) is 8.54. The zero-order chi connectivity index (χ0) is 21.9. The van der Waals surface area contributed by atoms with Gasteiger partial charge in [0.15, 0.2) is 0 Å². The summed E-state index contributed by atoms with van der Waals surface area (Å²) in [5, 5.41) is 9.39. The minimum absolute atomic E-state index is 0.140. The zero-order valence-corrected chi connectivity index (χ0v) is 18.4. The summed E-state index contributed by atoms with van der Waals surface area (Å²) in [5.41, 5.74) is 3.18. The van der Waals surface area contributed by atoms with E-state index < -0.39 is 0 Å². The van der Waals surface area contributed by atoms with E-state index in [1.807, 2.05) is 46.7 Å². The average Bonchev–Trinajstić information content (AvgIpc) is 3.45. The van der Waals surface area contributed by atoms with Gasteiger partial charge in [-0.1, -0.05) is 55.5 Å². The summed E-state index contributed by atoms with van der Waals surface area (Å²) < 4.78 is 7.83. The van der Waals surface area contributed by atoms with Crippen LogP contribution in [0.15, 0.2) is 65.1 Å². The Morgan fingerprint density at radius 2 is 1.78 bits per heavy atom. The van der Waals surface area contributed by atoms with Crippen LogP contribution in [0.1, 0.15) is 31.2 Å². The molecular formula is C26H28N4O2. The highest BCUT2D eigenvalue weighted by Gasteiger charge is 2.25. The van der Waals surface area contributed by atoms with E-state index in [-0.39, 0.29) is 12.5 Å². The maximum absolute atomic E-state index is 13.3. The van der Waals surface area contributed by atoms with Crippen molar-refractivity contribution in [2.75, 3.05) is 13.1 Å². The van der Waals surface area contributed by atoms with Gasteiger partial charge < -0.3 is 13.9 Å². The number of amides is 1. The molecule has 2 aromatic heterocycles. The van der Waals surface area contributed by atoms with Gasteiger partial charge in [0.25, 0.3) is 5.89 Å². The predicted octanol–water partition coefficient (Wildman–Crippen LogP) is 4.74. The highest BCUT2D eigenvalue weighted by molar-refractivity contribution is 5.88. The summed E-state index contributed by atoms with van der Waals surface area (Å²) in [6.07, 6.45) is 3.86. The highest BCUT2D eigenvalue weighted by Crippen LogP contribution is 2.28. The molecule has 1 aliphatic heterocycles. The van der Waals surface area contributed by atoms with E-state index in [0.717, 1.165) is 48.9 Å². The Labute approximate surface area is 187 Å². The van der Waals surface area contributed by atoms with Gasteiger partial charge in [-0.05, 0) is 42.9 Å². The van der Waals surface area contributed by atoms with Crippen LogP contribution in [0.2, 0.25) is 0 Å². The number of para-hydroxylation sites is 1. The number of aromatic nitrogens is 3. The predicted molar refractivity (Wildman–Crippen MR) is 124 cm³/mol. The van der Waals surface area contributed by atoms with E-state index >= 15 is 0 Å². The number of benzene rings is 2. The fourth-order valence-corrected chi connectivity index (χ4v) is 4.63. The highest BCUT2D eigenvalue weighted by atomic mass is 16.4. The smallest absolute Gasteiger partial charge is 0.264 e. The lowest BCUT2D eigenvalue weighted by atomic mass is 9.90. The Balaban J connectivity index is 1.31. The topological polar surface area (TPSA) is 64.2 Å². The van der Waals surface area contributed by atoms with E-state index in [9.17, 15) is 4.79 Å². The third-order valence-corrected chi connectivity index (χ3v) is 6.43. The molecule has 0 radical (unpaired) electrons. The Bertz CT molecular complexity index is 1200. The molecule has 0 aliphatic carbocycles. The number of aryl methyl sites for hydroxylation is 1. The number of rotatable bonds is 6. The normalized spacial score (nSPS) is 14.8. The average molecular weight is 429 g/mol. The number of likely N-dealkylation sites (tertiary alicyclic amines) is 1. The van der Waals surface area contributed by atoms with Crippen LogP contribution >= 0.6 is 0 Å². The van der Waals surface area contributed by atoms with Crippen molar-refractivity contribution in [1.29, 1.82) is 0 Å². The van der Waals surface area contributed by atoms with Crippen molar-refractivity contribution in [1.82, 2.24) is 19.7 Å². The first-order valence-electron chi connectivity index (χ1n) is 11.4. The standard InChI is InChI=1S/C26H28N4O2/c1-2-24-27-28-26(32-24)23-17-21-10-6-7-11-22(21)30(23)18-25(31)29-14-12-20(13-15-29)16-19-8-4-3-5-9-19/h3-11,17,20H,2,12-16,18H2,1H3. The first-order valence-corrected chi connectivity index (χ1v) is 11.4. The Kier molecular flexibility index (Phi) is 5.75. The SMILES string of the molecule is CCc1nnc(-c2cc3ccccc3n2CC(=O)N2CCC(Cc3ccccc3)CC2)o1. The number of hydrogen-bond acceptors (Lipinski definition) is 4. The minimum atomic E-state index is 0.140. The first kappa shape index (κ1) is 20.5. The van der Waals surface area contributed by atoms with E-state index in [1.165, 1.54) is 5.56 Å². The second-order valence-electron chi connectivity index (χ2n) is 8.54. The molecule has 0 atom stereocenters. The molecule has 0 unspecified atom stereocenters. The quantitative estimate of drug-likeness (QED) is 0.445. The summed E-state index contributed by atoms with van der Waals surface area (Å²) in [5.74, 6) is 1.84. The van der Waals surface area contributed by atoms with Crippen molar-refractivity contribution in [3.8, 4) is 11.6 Å². The maximum atomic E-state index is 13.3. The van der Waals surface area contributed by atoms with Crippen molar-refractivity contribution < 1.29 is 9.21 Å². The third-order valence-electron chi connectivity index (χ3n) is 6.43. The van der Waals surface area contributed by atoms with Crippen LogP contribution < -0.4 is 0 Å². The maximum Gasteiger partial charge on any atom is 0.264 e. The van der Waals surface area contributed by atoms with Gasteiger partial charge in [0.1, 0.15) is 12.2 Å². The van der Waals surface area contributed by atoms with Crippen LogP contribution in [0.5, 0.6) is 0 Å². The lowest BCUT2D eigenvalue weighted by molar-refractivity contribution is -0.133. The Morgan fingerprint density at radius 3 is 2.53 bits per heavy atom. The van der Waals surface area contributed by atoms with Crippen LogP contribution in [-0.2, 0) is 24.2 Å². The molecule has 6 nitrogen and oxygen atoms in total. The Morgan fingerprint density at radius 1 is 1.03 bits per heavy atom. The van der Waals surface area contributed by atoms with E-state index in [2.05, 4.69) is 40.5 Å². The molecular weight excluding hydrogens is 400 g/mol. The summed E-state index contributed by atoms with van der Waals surface area (Å²) in [6.45, 7) is 3.88. The molecule has 2 aromatic carbocycles. The second kappa shape index (κ2) is 8.99. The molecule has 1 amide bonds. The van der Waals surface area contributed by atoms with Crippen molar-refractivity contribution >= 4 is 16.8 Å². The van der Waals surface area contributed by atoms with Crippen molar-refractivity contribution in [3.05, 3.63) is 72.1 Å². The zero-order valence-electron chi connectivity index (χ0n) is 18.4. The Hall–Kier alpha value is -3.41. The number of carbonyl (C=O) groups excluding carboxylic acids is 1. The van der Waals surface area contributed by atoms with Gasteiger partial charge in [0, 0.05) is 30.4 Å². The first-order chi connectivity index (χ1) is 15.7. The number of fused-ring (bicyclic) bond motifs is 1. The van der Waals surface area contributed by atoms with Gasteiger partial charge in [-0.15, -0.1) is 10.2 Å². The molecule has 1 fully saturated rings. The fourth-order valence-electron chi connectivity index (χ4n) is 4.63. The molecule has 1 saturated heterocycles. The molecule has 0 spiro atoms. The molecule has 0 saturated carbocycles. The largest absolute Gasteiger partial charge is 0.419 e. The van der Waals surface area contributed by atoms with Gasteiger partial charge in [0.2, 0.25) is 11.8 Å². The number of piperidine rings is 1. The van der Waals surface area contributed by atoms with Crippen LogP contribution in [0, 0.1) is 5.92 Å². The molecule has 32 heavy (non-hydrogen) atoms.